The number of aliphatic hydroxyl groups is 1. The molecule has 5 nitrogen and oxygen atoms in total. The highest BCUT2D eigenvalue weighted by Crippen LogP contribution is 2.07. The van der Waals surface area contributed by atoms with Crippen LogP contribution in [0.4, 0.5) is 5.95 Å². The van der Waals surface area contributed by atoms with Gasteiger partial charge in [0.05, 0.1) is 0 Å². The number of aliphatic hydroxyl groups excluding tert-OH is 1. The number of thiocarbonyl (C=S) groups is 1. The second kappa shape index (κ2) is 6.34. The van der Waals surface area contributed by atoms with E-state index < -0.39 is 0 Å². The molecular formula is C10H16N4OS. The van der Waals surface area contributed by atoms with Crippen molar-refractivity contribution in [3.63, 3.8) is 0 Å². The standard InChI is InChI=1S/C10H16N4OS/c1-2-14(6-3-7-15)10-12-5-4-8(13-10)9(11)16/h4-5,15H,2-3,6-7H2,1H3,(H2,11,16). The molecule has 1 aromatic rings. The molecule has 0 amide bonds. The van der Waals surface area contributed by atoms with E-state index in [1.165, 1.54) is 0 Å². The summed E-state index contributed by atoms with van der Waals surface area (Å²) in [5.41, 5.74) is 6.08. The van der Waals surface area contributed by atoms with Gasteiger partial charge in [0, 0.05) is 25.9 Å². The van der Waals surface area contributed by atoms with Gasteiger partial charge in [-0.25, -0.2) is 9.97 Å². The minimum absolute atomic E-state index is 0.158. The topological polar surface area (TPSA) is 75.3 Å². The van der Waals surface area contributed by atoms with Crippen LogP contribution in [0.25, 0.3) is 0 Å². The molecule has 0 saturated heterocycles. The van der Waals surface area contributed by atoms with Crippen molar-refractivity contribution in [1.29, 1.82) is 0 Å². The monoisotopic (exact) mass is 240 g/mol. The molecule has 16 heavy (non-hydrogen) atoms. The first-order valence-corrected chi connectivity index (χ1v) is 5.58. The lowest BCUT2D eigenvalue weighted by Gasteiger charge is -2.20. The first-order valence-electron chi connectivity index (χ1n) is 5.17. The molecule has 0 aromatic carbocycles. The molecule has 88 valence electrons. The molecule has 1 rings (SSSR count). The Morgan fingerprint density at radius 3 is 2.94 bits per heavy atom. The van der Waals surface area contributed by atoms with E-state index >= 15 is 0 Å². The third-order valence-electron chi connectivity index (χ3n) is 2.15. The Morgan fingerprint density at radius 1 is 1.62 bits per heavy atom. The number of rotatable bonds is 6. The molecular weight excluding hydrogens is 224 g/mol. The Bertz CT molecular complexity index is 358. The molecule has 3 N–H and O–H groups in total. The Labute approximate surface area is 100 Å². The molecule has 0 aliphatic carbocycles. The highest BCUT2D eigenvalue weighted by atomic mass is 32.1. The Morgan fingerprint density at radius 2 is 2.38 bits per heavy atom. The van der Waals surface area contributed by atoms with Gasteiger partial charge in [0.1, 0.15) is 10.7 Å². The molecule has 0 unspecified atom stereocenters. The molecule has 0 fully saturated rings. The number of nitrogens with zero attached hydrogens (tertiary/aromatic N) is 3. The van der Waals surface area contributed by atoms with Crippen LogP contribution in [0, 0.1) is 0 Å². The van der Waals surface area contributed by atoms with E-state index in [4.69, 9.17) is 23.1 Å². The summed E-state index contributed by atoms with van der Waals surface area (Å²) in [7, 11) is 0. The van der Waals surface area contributed by atoms with Crippen molar-refractivity contribution in [3.8, 4) is 0 Å². The van der Waals surface area contributed by atoms with Crippen LogP contribution in [0.1, 0.15) is 19.0 Å². The van der Waals surface area contributed by atoms with Crippen LogP contribution >= 0.6 is 12.2 Å². The second-order valence-electron chi connectivity index (χ2n) is 3.26. The number of aromatic nitrogens is 2. The Kier molecular flexibility index (Phi) is 5.07. The maximum absolute atomic E-state index is 8.79. The molecule has 0 bridgehead atoms. The molecule has 1 heterocycles. The van der Waals surface area contributed by atoms with Gasteiger partial charge in [-0.15, -0.1) is 0 Å². The van der Waals surface area contributed by atoms with Crippen molar-refractivity contribution in [2.45, 2.75) is 13.3 Å². The van der Waals surface area contributed by atoms with E-state index in [0.29, 0.717) is 24.6 Å². The quantitative estimate of drug-likeness (QED) is 0.697. The van der Waals surface area contributed by atoms with Gasteiger partial charge >= 0.3 is 0 Å². The van der Waals surface area contributed by atoms with Gasteiger partial charge in [0.15, 0.2) is 0 Å². The Hall–Kier alpha value is -1.27. The second-order valence-corrected chi connectivity index (χ2v) is 3.70. The molecule has 1 aromatic heterocycles. The van der Waals surface area contributed by atoms with Gasteiger partial charge in [-0.2, -0.15) is 0 Å². The molecule has 0 aliphatic rings. The summed E-state index contributed by atoms with van der Waals surface area (Å²) in [4.78, 5) is 10.7. The summed E-state index contributed by atoms with van der Waals surface area (Å²) < 4.78 is 0. The average molecular weight is 240 g/mol. The third kappa shape index (κ3) is 3.39. The summed E-state index contributed by atoms with van der Waals surface area (Å²) in [6.45, 7) is 3.66. The van der Waals surface area contributed by atoms with E-state index in [9.17, 15) is 0 Å². The minimum Gasteiger partial charge on any atom is -0.396 e. The largest absolute Gasteiger partial charge is 0.396 e. The first kappa shape index (κ1) is 12.8. The van der Waals surface area contributed by atoms with Crippen molar-refractivity contribution < 1.29 is 5.11 Å². The lowest BCUT2D eigenvalue weighted by molar-refractivity contribution is 0.289. The predicted molar refractivity (Wildman–Crippen MR) is 67.5 cm³/mol. The summed E-state index contributed by atoms with van der Waals surface area (Å²) in [6.07, 6.45) is 2.33. The molecule has 0 aliphatic heterocycles. The fourth-order valence-corrected chi connectivity index (χ4v) is 1.41. The summed E-state index contributed by atoms with van der Waals surface area (Å²) in [6, 6.07) is 1.69. The minimum atomic E-state index is 0.158. The van der Waals surface area contributed by atoms with Gasteiger partial charge in [0.2, 0.25) is 5.95 Å². The number of hydrogen-bond acceptors (Lipinski definition) is 5. The number of hydrogen-bond donors (Lipinski definition) is 2. The molecule has 0 saturated carbocycles. The SMILES string of the molecule is CCN(CCCO)c1nccc(C(N)=S)n1. The smallest absolute Gasteiger partial charge is 0.225 e. The summed E-state index contributed by atoms with van der Waals surface area (Å²) >= 11 is 4.86. The van der Waals surface area contributed by atoms with Gasteiger partial charge in [-0.05, 0) is 19.4 Å². The third-order valence-corrected chi connectivity index (χ3v) is 2.36. The first-order chi connectivity index (χ1) is 7.69. The fraction of sp³-hybridized carbons (Fsp3) is 0.500. The Balaban J connectivity index is 2.83. The maximum Gasteiger partial charge on any atom is 0.225 e. The number of anilines is 1. The predicted octanol–water partition coefficient (Wildman–Crippen LogP) is 0.320. The van der Waals surface area contributed by atoms with Gasteiger partial charge in [-0.3, -0.25) is 0 Å². The van der Waals surface area contributed by atoms with Gasteiger partial charge < -0.3 is 15.7 Å². The zero-order chi connectivity index (χ0) is 12.0. The van der Waals surface area contributed by atoms with Crippen LogP contribution in [0.3, 0.4) is 0 Å². The highest BCUT2D eigenvalue weighted by Gasteiger charge is 2.08. The van der Waals surface area contributed by atoms with Crippen LogP contribution in [-0.4, -0.2) is 39.8 Å². The molecule has 0 atom stereocenters. The van der Waals surface area contributed by atoms with Crippen molar-refractivity contribution in [3.05, 3.63) is 18.0 Å². The van der Waals surface area contributed by atoms with Crippen molar-refractivity contribution in [2.24, 2.45) is 5.73 Å². The van der Waals surface area contributed by atoms with Crippen molar-refractivity contribution >= 4 is 23.2 Å². The summed E-state index contributed by atoms with van der Waals surface area (Å²) in [5, 5.41) is 8.79. The van der Waals surface area contributed by atoms with E-state index in [1.54, 1.807) is 12.3 Å². The van der Waals surface area contributed by atoms with Crippen molar-refractivity contribution in [1.82, 2.24) is 9.97 Å². The van der Waals surface area contributed by atoms with Crippen LogP contribution in [-0.2, 0) is 0 Å². The van der Waals surface area contributed by atoms with E-state index in [1.807, 2.05) is 11.8 Å². The molecule has 6 heteroatoms. The molecule has 0 radical (unpaired) electrons. The lowest BCUT2D eigenvalue weighted by atomic mass is 10.4. The maximum atomic E-state index is 8.79. The van der Waals surface area contributed by atoms with Gasteiger partial charge in [0.25, 0.3) is 0 Å². The van der Waals surface area contributed by atoms with Crippen LogP contribution in [0.5, 0.6) is 0 Å². The van der Waals surface area contributed by atoms with E-state index in [-0.39, 0.29) is 11.6 Å². The highest BCUT2D eigenvalue weighted by molar-refractivity contribution is 7.80. The van der Waals surface area contributed by atoms with Gasteiger partial charge in [-0.1, -0.05) is 12.2 Å². The van der Waals surface area contributed by atoms with E-state index in [0.717, 1.165) is 6.54 Å². The number of nitrogens with two attached hydrogens (primary N) is 1. The van der Waals surface area contributed by atoms with Crippen LogP contribution < -0.4 is 10.6 Å². The van der Waals surface area contributed by atoms with Crippen LogP contribution in [0.2, 0.25) is 0 Å². The molecule has 0 spiro atoms. The lowest BCUT2D eigenvalue weighted by Crippen LogP contribution is -2.27. The van der Waals surface area contributed by atoms with E-state index in [2.05, 4.69) is 9.97 Å². The zero-order valence-corrected chi connectivity index (χ0v) is 10.1. The summed E-state index contributed by atoms with van der Waals surface area (Å²) in [5.74, 6) is 0.598. The zero-order valence-electron chi connectivity index (χ0n) is 9.26. The van der Waals surface area contributed by atoms with Crippen molar-refractivity contribution in [2.75, 3.05) is 24.6 Å². The van der Waals surface area contributed by atoms with Crippen LogP contribution in [0.15, 0.2) is 12.3 Å². The fourth-order valence-electron chi connectivity index (χ4n) is 1.30. The normalized spacial score (nSPS) is 10.1. The average Bonchev–Trinajstić information content (AvgIpc) is 2.30.